The van der Waals surface area contributed by atoms with Crippen molar-refractivity contribution in [3.63, 3.8) is 0 Å². The number of aryl methyl sites for hydroxylation is 1. The predicted octanol–water partition coefficient (Wildman–Crippen LogP) is 13.9. The van der Waals surface area contributed by atoms with Crippen LogP contribution in [-0.2, 0) is 11.8 Å². The molecule has 11 rings (SSSR count). The number of hydrogen-bond acceptors (Lipinski definition) is 3. The zero-order chi connectivity index (χ0) is 36.7. The zero-order valence-electron chi connectivity index (χ0n) is 30.8. The van der Waals surface area contributed by atoms with Crippen molar-refractivity contribution < 1.29 is 9.47 Å². The van der Waals surface area contributed by atoms with Gasteiger partial charge in [0.25, 0.3) is 0 Å². The molecule has 4 nitrogen and oxygen atoms in total. The molecule has 0 fully saturated rings. The normalized spacial score (nSPS) is 14.2. The van der Waals surface area contributed by atoms with Crippen molar-refractivity contribution in [1.29, 1.82) is 0 Å². The van der Waals surface area contributed by atoms with Gasteiger partial charge in [-0.3, -0.25) is 0 Å². The Morgan fingerprint density at radius 1 is 0.545 bits per heavy atom. The zero-order valence-corrected chi connectivity index (χ0v) is 30.8. The summed E-state index contributed by atoms with van der Waals surface area (Å²) in [5.41, 5.74) is 15.9. The van der Waals surface area contributed by atoms with Crippen LogP contribution in [0.1, 0.15) is 42.7 Å². The Labute approximate surface area is 321 Å². The van der Waals surface area contributed by atoms with Gasteiger partial charge in [-0.1, -0.05) is 98.8 Å². The summed E-state index contributed by atoms with van der Waals surface area (Å²) < 4.78 is 14.8. The van der Waals surface area contributed by atoms with Gasteiger partial charge in [-0.2, -0.15) is 0 Å². The second-order valence-corrected chi connectivity index (χ2v) is 15.3. The fourth-order valence-electron chi connectivity index (χ4n) is 9.01. The summed E-state index contributed by atoms with van der Waals surface area (Å²) in [5, 5.41) is 1.30. The molecule has 2 aliphatic carbocycles. The first-order valence-corrected chi connectivity index (χ1v) is 19.1. The fraction of sp³-hybridized carbons (Fsp3) is 0.0980. The van der Waals surface area contributed by atoms with Crippen LogP contribution >= 0.6 is 0 Å². The van der Waals surface area contributed by atoms with Crippen molar-refractivity contribution in [3.8, 4) is 50.9 Å². The van der Waals surface area contributed by atoms with Crippen LogP contribution in [0.2, 0.25) is 0 Å². The SMILES string of the molecule is CC1(C)c2ccccc2-c2ccc(N(c3ccc(-c4ccc5c(c4)Oc4ccccc4O5)cc3)c3ccc4c(c3)c3c(n4-c4ccccc4)C=CCC3)cc21. The van der Waals surface area contributed by atoms with Gasteiger partial charge >= 0.3 is 0 Å². The first kappa shape index (κ1) is 31.7. The third-order valence-corrected chi connectivity index (χ3v) is 11.7. The smallest absolute Gasteiger partial charge is 0.170 e. The van der Waals surface area contributed by atoms with Gasteiger partial charge in [0.15, 0.2) is 23.0 Å². The minimum Gasteiger partial charge on any atom is -0.450 e. The molecule has 2 heterocycles. The van der Waals surface area contributed by atoms with E-state index >= 15 is 0 Å². The first-order chi connectivity index (χ1) is 27.0. The highest BCUT2D eigenvalue weighted by Gasteiger charge is 2.36. The molecule has 3 aliphatic rings. The van der Waals surface area contributed by atoms with Crippen LogP contribution in [0.15, 0.2) is 164 Å². The van der Waals surface area contributed by atoms with Crippen LogP contribution in [0.25, 0.3) is 44.9 Å². The van der Waals surface area contributed by atoms with E-state index in [1.54, 1.807) is 0 Å². The molecule has 55 heavy (non-hydrogen) atoms. The molecule has 0 spiro atoms. The highest BCUT2D eigenvalue weighted by atomic mass is 16.6. The van der Waals surface area contributed by atoms with Crippen molar-refractivity contribution in [2.75, 3.05) is 4.90 Å². The lowest BCUT2D eigenvalue weighted by Gasteiger charge is -2.28. The van der Waals surface area contributed by atoms with Gasteiger partial charge in [0.2, 0.25) is 0 Å². The average molecular weight is 711 g/mol. The van der Waals surface area contributed by atoms with E-state index in [0.717, 1.165) is 64.0 Å². The number of hydrogen-bond donors (Lipinski definition) is 0. The van der Waals surface area contributed by atoms with Crippen molar-refractivity contribution in [3.05, 3.63) is 186 Å². The van der Waals surface area contributed by atoms with Crippen LogP contribution < -0.4 is 14.4 Å². The monoisotopic (exact) mass is 710 g/mol. The fourth-order valence-corrected chi connectivity index (χ4v) is 9.01. The summed E-state index contributed by atoms with van der Waals surface area (Å²) in [7, 11) is 0. The molecular weight excluding hydrogens is 673 g/mol. The van der Waals surface area contributed by atoms with Crippen LogP contribution in [0, 0.1) is 0 Å². The molecule has 0 saturated carbocycles. The van der Waals surface area contributed by atoms with E-state index in [1.165, 1.54) is 50.1 Å². The molecule has 0 unspecified atom stereocenters. The third-order valence-electron chi connectivity index (χ3n) is 11.7. The molecule has 264 valence electrons. The number of allylic oxidation sites excluding steroid dienone is 1. The second kappa shape index (κ2) is 12.1. The standard InChI is InChI=1S/C51H38N2O2/c1-51(2)43-16-8-6-14-39(43)40-27-25-38(32-44(40)51)52(37-26-28-46-42(31-37)41-15-7-9-17-45(41)53(46)35-12-4-3-5-13-35)36-23-20-33(21-24-36)34-22-29-49-50(30-34)55-48-19-11-10-18-47(48)54-49/h3-6,8-14,16-32H,7,15H2,1-2H3. The summed E-state index contributed by atoms with van der Waals surface area (Å²) in [4.78, 5) is 2.42. The van der Waals surface area contributed by atoms with Gasteiger partial charge < -0.3 is 18.9 Å². The van der Waals surface area contributed by atoms with Crippen molar-refractivity contribution >= 4 is 34.0 Å². The topological polar surface area (TPSA) is 26.6 Å². The Bertz CT molecular complexity index is 2840. The van der Waals surface area contributed by atoms with Gasteiger partial charge in [-0.05, 0) is 137 Å². The minimum atomic E-state index is -0.113. The van der Waals surface area contributed by atoms with Crippen LogP contribution in [0.5, 0.6) is 23.0 Å². The Balaban J connectivity index is 1.04. The van der Waals surface area contributed by atoms with Crippen LogP contribution in [0.3, 0.4) is 0 Å². The van der Waals surface area contributed by atoms with Crippen LogP contribution in [-0.4, -0.2) is 4.57 Å². The van der Waals surface area contributed by atoms with Gasteiger partial charge in [0.05, 0.1) is 5.52 Å². The average Bonchev–Trinajstić information content (AvgIpc) is 3.68. The molecule has 1 aliphatic heterocycles. The highest BCUT2D eigenvalue weighted by Crippen LogP contribution is 2.51. The van der Waals surface area contributed by atoms with Gasteiger partial charge in [-0.25, -0.2) is 0 Å². The first-order valence-electron chi connectivity index (χ1n) is 19.1. The Hall–Kier alpha value is -6.78. The Morgan fingerprint density at radius 2 is 1.20 bits per heavy atom. The molecular formula is C51H38N2O2. The number of nitrogens with zero attached hydrogens (tertiary/aromatic N) is 2. The molecule has 0 amide bonds. The van der Waals surface area contributed by atoms with Crippen molar-refractivity contribution in [1.82, 2.24) is 4.57 Å². The molecule has 8 aromatic rings. The van der Waals surface area contributed by atoms with Crippen LogP contribution in [0.4, 0.5) is 17.1 Å². The molecule has 0 radical (unpaired) electrons. The largest absolute Gasteiger partial charge is 0.450 e. The molecule has 7 aromatic carbocycles. The van der Waals surface area contributed by atoms with Gasteiger partial charge in [0.1, 0.15) is 0 Å². The van der Waals surface area contributed by atoms with Gasteiger partial charge in [-0.15, -0.1) is 0 Å². The maximum Gasteiger partial charge on any atom is 0.170 e. The maximum atomic E-state index is 6.26. The van der Waals surface area contributed by atoms with E-state index < -0.39 is 0 Å². The van der Waals surface area contributed by atoms with E-state index in [9.17, 15) is 0 Å². The number of aromatic nitrogens is 1. The number of fused-ring (bicyclic) bond motifs is 8. The number of para-hydroxylation sites is 3. The lowest BCUT2D eigenvalue weighted by Crippen LogP contribution is -2.16. The van der Waals surface area contributed by atoms with E-state index in [0.29, 0.717) is 0 Å². The Kier molecular flexibility index (Phi) is 6.99. The number of anilines is 3. The third kappa shape index (κ3) is 4.98. The number of ether oxygens (including phenoxy) is 2. The Morgan fingerprint density at radius 3 is 2.04 bits per heavy atom. The summed E-state index contributed by atoms with van der Waals surface area (Å²) in [6, 6.07) is 56.5. The highest BCUT2D eigenvalue weighted by molar-refractivity contribution is 5.95. The van der Waals surface area contributed by atoms with Crippen molar-refractivity contribution in [2.45, 2.75) is 32.1 Å². The van der Waals surface area contributed by atoms with E-state index in [4.69, 9.17) is 9.47 Å². The molecule has 0 N–H and O–H groups in total. The summed E-state index contributed by atoms with van der Waals surface area (Å²) in [5.74, 6) is 2.91. The van der Waals surface area contributed by atoms with Crippen molar-refractivity contribution in [2.24, 2.45) is 0 Å². The second-order valence-electron chi connectivity index (χ2n) is 15.3. The molecule has 1 aromatic heterocycles. The maximum absolute atomic E-state index is 6.26. The van der Waals surface area contributed by atoms with E-state index in [2.05, 4.69) is 163 Å². The number of benzene rings is 7. The minimum absolute atomic E-state index is 0.113. The summed E-state index contributed by atoms with van der Waals surface area (Å²) in [6.45, 7) is 4.70. The van der Waals surface area contributed by atoms with Gasteiger partial charge in [0, 0.05) is 39.2 Å². The molecule has 0 atom stereocenters. The lowest BCUT2D eigenvalue weighted by atomic mass is 9.82. The predicted molar refractivity (Wildman–Crippen MR) is 225 cm³/mol. The quantitative estimate of drug-likeness (QED) is 0.178. The molecule has 4 heteroatoms. The summed E-state index contributed by atoms with van der Waals surface area (Å²) in [6.07, 6.45) is 6.68. The summed E-state index contributed by atoms with van der Waals surface area (Å²) >= 11 is 0. The van der Waals surface area contributed by atoms with E-state index in [1.807, 2.05) is 30.3 Å². The number of rotatable bonds is 5. The lowest BCUT2D eigenvalue weighted by molar-refractivity contribution is 0.360. The molecule has 0 bridgehead atoms. The molecule has 0 saturated heterocycles. The van der Waals surface area contributed by atoms with E-state index in [-0.39, 0.29) is 5.41 Å².